The van der Waals surface area contributed by atoms with Gasteiger partial charge < -0.3 is 15.3 Å². The van der Waals surface area contributed by atoms with Gasteiger partial charge in [0.15, 0.2) is 0 Å². The van der Waals surface area contributed by atoms with Gasteiger partial charge in [-0.15, -0.1) is 0 Å². The number of carboxylic acids is 2. The summed E-state index contributed by atoms with van der Waals surface area (Å²) < 4.78 is 0. The van der Waals surface area contributed by atoms with E-state index >= 15 is 0 Å². The lowest BCUT2D eigenvalue weighted by molar-refractivity contribution is -0.146. The standard InChI is InChI=1S/C8H8O6/c9-4-5(3-7(11)12)1-2-6(10)8(13)14/h1-2,4,9H,3H2,(H,11,12)(H,13,14)/b2-1+,5-4?. The van der Waals surface area contributed by atoms with Gasteiger partial charge in [-0.25, -0.2) is 4.79 Å². The number of hydrogen-bond donors (Lipinski definition) is 3. The first kappa shape index (κ1) is 11.9. The molecule has 76 valence electrons. The molecule has 3 N–H and O–H groups in total. The Morgan fingerprint density at radius 1 is 1.07 bits per heavy atom. The maximum Gasteiger partial charge on any atom is 0.376 e. The van der Waals surface area contributed by atoms with Crippen molar-refractivity contribution in [3.63, 3.8) is 0 Å². The second kappa shape index (κ2) is 5.52. The van der Waals surface area contributed by atoms with Crippen molar-refractivity contribution in [3.8, 4) is 0 Å². The Labute approximate surface area is 78.8 Å². The van der Waals surface area contributed by atoms with Crippen LogP contribution in [0.3, 0.4) is 0 Å². The lowest BCUT2D eigenvalue weighted by Gasteiger charge is -1.93. The third-order valence-corrected chi connectivity index (χ3v) is 1.18. The van der Waals surface area contributed by atoms with E-state index in [4.69, 9.17) is 15.3 Å². The van der Waals surface area contributed by atoms with Gasteiger partial charge in [0.1, 0.15) is 0 Å². The van der Waals surface area contributed by atoms with E-state index < -0.39 is 24.1 Å². The highest BCUT2D eigenvalue weighted by Gasteiger charge is 2.07. The average molecular weight is 200 g/mol. The number of ketones is 1. The predicted molar refractivity (Wildman–Crippen MR) is 44.7 cm³/mol. The van der Waals surface area contributed by atoms with E-state index in [9.17, 15) is 14.4 Å². The molecule has 0 aliphatic heterocycles. The zero-order valence-electron chi connectivity index (χ0n) is 7.01. The van der Waals surface area contributed by atoms with Crippen LogP contribution in [0.1, 0.15) is 6.42 Å². The summed E-state index contributed by atoms with van der Waals surface area (Å²) in [5, 5.41) is 24.9. The van der Waals surface area contributed by atoms with Crippen molar-refractivity contribution in [1.82, 2.24) is 0 Å². The smallest absolute Gasteiger partial charge is 0.376 e. The minimum absolute atomic E-state index is 0.0629. The molecule has 0 saturated heterocycles. The zero-order valence-corrected chi connectivity index (χ0v) is 7.01. The molecule has 0 rings (SSSR count). The summed E-state index contributed by atoms with van der Waals surface area (Å²) in [5.41, 5.74) is -0.0629. The normalized spacial score (nSPS) is 11.6. The van der Waals surface area contributed by atoms with E-state index in [1.54, 1.807) is 0 Å². The number of hydrogen-bond acceptors (Lipinski definition) is 4. The Morgan fingerprint density at radius 2 is 1.64 bits per heavy atom. The van der Waals surface area contributed by atoms with Gasteiger partial charge in [-0.05, 0) is 11.6 Å². The minimum Gasteiger partial charge on any atom is -0.515 e. The van der Waals surface area contributed by atoms with E-state index in [-0.39, 0.29) is 5.57 Å². The van der Waals surface area contributed by atoms with E-state index in [2.05, 4.69) is 0 Å². The molecule has 0 unspecified atom stereocenters. The summed E-state index contributed by atoms with van der Waals surface area (Å²) in [7, 11) is 0. The van der Waals surface area contributed by atoms with E-state index in [0.717, 1.165) is 6.08 Å². The van der Waals surface area contributed by atoms with E-state index in [1.807, 2.05) is 0 Å². The Balaban J connectivity index is 4.41. The fourth-order valence-electron chi connectivity index (χ4n) is 0.576. The number of aliphatic hydroxyl groups is 1. The van der Waals surface area contributed by atoms with Crippen LogP contribution in [0.15, 0.2) is 24.0 Å². The Morgan fingerprint density at radius 3 is 2.00 bits per heavy atom. The van der Waals surface area contributed by atoms with Crippen molar-refractivity contribution in [2.75, 3.05) is 0 Å². The van der Waals surface area contributed by atoms with Gasteiger partial charge in [-0.3, -0.25) is 9.59 Å². The van der Waals surface area contributed by atoms with Crippen molar-refractivity contribution in [2.45, 2.75) is 6.42 Å². The summed E-state index contributed by atoms with van der Waals surface area (Å²) in [6, 6.07) is 0. The first-order valence-electron chi connectivity index (χ1n) is 3.47. The Kier molecular flexibility index (Phi) is 4.69. The lowest BCUT2D eigenvalue weighted by atomic mass is 10.2. The Bertz CT molecular complexity index is 312. The van der Waals surface area contributed by atoms with Crippen molar-refractivity contribution in [1.29, 1.82) is 0 Å². The number of carboxylic acid groups (broad SMARTS) is 2. The van der Waals surface area contributed by atoms with Crippen LogP contribution in [0.4, 0.5) is 0 Å². The predicted octanol–water partition coefficient (Wildman–Crippen LogP) is 0.113. The summed E-state index contributed by atoms with van der Waals surface area (Å²) in [4.78, 5) is 30.7. The van der Waals surface area contributed by atoms with E-state index in [0.29, 0.717) is 12.3 Å². The zero-order chi connectivity index (χ0) is 11.1. The topological polar surface area (TPSA) is 112 Å². The number of carbonyl (C=O) groups excluding carboxylic acids is 1. The highest BCUT2D eigenvalue weighted by Crippen LogP contribution is 2.02. The van der Waals surface area contributed by atoms with E-state index in [1.165, 1.54) is 0 Å². The van der Waals surface area contributed by atoms with Gasteiger partial charge in [0.2, 0.25) is 0 Å². The quantitative estimate of drug-likeness (QED) is 0.251. The van der Waals surface area contributed by atoms with Crippen LogP contribution in [-0.2, 0) is 14.4 Å². The summed E-state index contributed by atoms with van der Waals surface area (Å²) in [6.45, 7) is 0. The van der Waals surface area contributed by atoms with Crippen molar-refractivity contribution in [2.24, 2.45) is 0 Å². The van der Waals surface area contributed by atoms with Gasteiger partial charge in [0.25, 0.3) is 5.78 Å². The summed E-state index contributed by atoms with van der Waals surface area (Å²) in [5.74, 6) is -4.03. The molecule has 0 amide bonds. The summed E-state index contributed by atoms with van der Waals surface area (Å²) in [6.07, 6.45) is 1.62. The fourth-order valence-corrected chi connectivity index (χ4v) is 0.576. The molecule has 0 spiro atoms. The lowest BCUT2D eigenvalue weighted by Crippen LogP contribution is -2.08. The second-order valence-corrected chi connectivity index (χ2v) is 2.28. The van der Waals surface area contributed by atoms with Gasteiger partial charge in [0.05, 0.1) is 12.7 Å². The molecule has 0 atom stereocenters. The summed E-state index contributed by atoms with van der Waals surface area (Å²) >= 11 is 0. The van der Waals surface area contributed by atoms with Crippen LogP contribution < -0.4 is 0 Å². The van der Waals surface area contributed by atoms with Crippen LogP contribution in [0, 0.1) is 0 Å². The molecule has 0 saturated carbocycles. The SMILES string of the molecule is O=C(O)CC(=CO)/C=C/C(=O)C(=O)O. The molecule has 0 aromatic carbocycles. The molecule has 6 heteroatoms. The highest BCUT2D eigenvalue weighted by atomic mass is 16.4. The van der Waals surface area contributed by atoms with Crippen LogP contribution in [0.2, 0.25) is 0 Å². The molecule has 0 heterocycles. The molecule has 6 nitrogen and oxygen atoms in total. The molecule has 0 radical (unpaired) electrons. The van der Waals surface area contributed by atoms with Crippen molar-refractivity contribution in [3.05, 3.63) is 24.0 Å². The molecule has 0 bridgehead atoms. The first-order chi connectivity index (χ1) is 6.47. The number of aliphatic hydroxyl groups excluding tert-OH is 1. The van der Waals surface area contributed by atoms with Crippen LogP contribution >= 0.6 is 0 Å². The first-order valence-corrected chi connectivity index (χ1v) is 3.47. The molecule has 0 fully saturated rings. The third kappa shape index (κ3) is 4.70. The van der Waals surface area contributed by atoms with Gasteiger partial charge in [0, 0.05) is 0 Å². The third-order valence-electron chi connectivity index (χ3n) is 1.18. The number of carbonyl (C=O) groups is 3. The van der Waals surface area contributed by atoms with Crippen molar-refractivity contribution < 1.29 is 29.7 Å². The molecule has 0 aromatic rings. The molecular formula is C8H8O6. The van der Waals surface area contributed by atoms with Crippen LogP contribution in [0.5, 0.6) is 0 Å². The maximum atomic E-state index is 10.5. The van der Waals surface area contributed by atoms with Crippen molar-refractivity contribution >= 4 is 17.7 Å². The molecule has 0 aromatic heterocycles. The molecule has 0 aliphatic carbocycles. The van der Waals surface area contributed by atoms with Crippen LogP contribution in [-0.4, -0.2) is 33.0 Å². The second-order valence-electron chi connectivity index (χ2n) is 2.28. The Hall–Kier alpha value is -2.11. The highest BCUT2D eigenvalue weighted by molar-refractivity contribution is 6.37. The number of allylic oxidation sites excluding steroid dienone is 1. The molecule has 0 aliphatic rings. The minimum atomic E-state index is -1.64. The molecule has 14 heavy (non-hydrogen) atoms. The average Bonchev–Trinajstić information content (AvgIpc) is 2.10. The fraction of sp³-hybridized carbons (Fsp3) is 0.125. The largest absolute Gasteiger partial charge is 0.515 e. The van der Waals surface area contributed by atoms with Gasteiger partial charge in [-0.2, -0.15) is 0 Å². The molecular weight excluding hydrogens is 192 g/mol. The maximum absolute atomic E-state index is 10.5. The van der Waals surface area contributed by atoms with Gasteiger partial charge >= 0.3 is 11.9 Å². The number of aliphatic carboxylic acids is 2. The monoisotopic (exact) mass is 200 g/mol. The number of rotatable bonds is 5. The van der Waals surface area contributed by atoms with Gasteiger partial charge in [-0.1, -0.05) is 6.08 Å². The van der Waals surface area contributed by atoms with Crippen LogP contribution in [0.25, 0.3) is 0 Å².